The molecular formula is C25H28O7S2. The van der Waals surface area contributed by atoms with Crippen LogP contribution in [-0.4, -0.2) is 44.6 Å². The summed E-state index contributed by atoms with van der Waals surface area (Å²) in [5.41, 5.74) is 2.05. The second-order valence-electron chi connectivity index (χ2n) is 8.02. The second-order valence-corrected chi connectivity index (χ2v) is 12.3. The average Bonchev–Trinajstić information content (AvgIpc) is 3.14. The molecule has 1 atom stereocenters. The van der Waals surface area contributed by atoms with Gasteiger partial charge in [0.1, 0.15) is 22.5 Å². The molecule has 182 valence electrons. The Bertz CT molecular complexity index is 1260. The molecule has 0 aromatic heterocycles. The van der Waals surface area contributed by atoms with Crippen LogP contribution in [-0.2, 0) is 22.7 Å². The zero-order valence-corrected chi connectivity index (χ0v) is 20.9. The van der Waals surface area contributed by atoms with E-state index in [9.17, 15) is 17.5 Å². The van der Waals surface area contributed by atoms with Gasteiger partial charge in [0.05, 0.1) is 36.9 Å². The SMILES string of the molecule is COc1cc(OC)c(CCc2cccc3c2C(S(=O)(=O)c2ccccc2)CS3(O)O)c(OC)c1. The van der Waals surface area contributed by atoms with Crippen LogP contribution in [0.25, 0.3) is 0 Å². The van der Waals surface area contributed by atoms with Crippen LogP contribution >= 0.6 is 10.6 Å². The number of sulfone groups is 1. The third-order valence-corrected chi connectivity index (χ3v) is 10.3. The molecule has 9 heteroatoms. The molecule has 1 aliphatic rings. The maximum Gasteiger partial charge on any atom is 0.187 e. The van der Waals surface area contributed by atoms with Crippen LogP contribution in [0, 0.1) is 0 Å². The van der Waals surface area contributed by atoms with Gasteiger partial charge < -0.3 is 14.2 Å². The van der Waals surface area contributed by atoms with Gasteiger partial charge in [0.25, 0.3) is 0 Å². The molecule has 0 bridgehead atoms. The summed E-state index contributed by atoms with van der Waals surface area (Å²) < 4.78 is 65.0. The fraction of sp³-hybridized carbons (Fsp3) is 0.280. The number of aryl methyl sites for hydroxylation is 1. The Morgan fingerprint density at radius 1 is 0.882 bits per heavy atom. The Labute approximate surface area is 201 Å². The zero-order chi connectivity index (χ0) is 24.5. The maximum atomic E-state index is 13.5. The van der Waals surface area contributed by atoms with Crippen LogP contribution in [0.2, 0.25) is 0 Å². The first-order valence-electron chi connectivity index (χ1n) is 10.7. The zero-order valence-electron chi connectivity index (χ0n) is 19.2. The van der Waals surface area contributed by atoms with Crippen molar-refractivity contribution in [2.75, 3.05) is 27.1 Å². The van der Waals surface area contributed by atoms with E-state index in [4.69, 9.17) is 14.2 Å². The minimum absolute atomic E-state index is 0.163. The Hall–Kier alpha value is -2.72. The summed E-state index contributed by atoms with van der Waals surface area (Å²) in [4.78, 5) is 0.472. The molecule has 0 fully saturated rings. The molecule has 4 rings (SSSR count). The van der Waals surface area contributed by atoms with E-state index in [0.29, 0.717) is 40.5 Å². The van der Waals surface area contributed by atoms with Crippen molar-refractivity contribution >= 4 is 20.4 Å². The highest BCUT2D eigenvalue weighted by Gasteiger charge is 2.44. The van der Waals surface area contributed by atoms with Crippen molar-refractivity contribution in [1.29, 1.82) is 0 Å². The Balaban J connectivity index is 1.76. The molecule has 7 nitrogen and oxygen atoms in total. The number of ether oxygens (including phenoxy) is 3. The van der Waals surface area contributed by atoms with Crippen molar-refractivity contribution in [3.63, 3.8) is 0 Å². The summed E-state index contributed by atoms with van der Waals surface area (Å²) in [6, 6.07) is 16.9. The monoisotopic (exact) mass is 504 g/mol. The maximum absolute atomic E-state index is 13.5. The predicted molar refractivity (Wildman–Crippen MR) is 132 cm³/mol. The molecule has 1 heterocycles. The lowest BCUT2D eigenvalue weighted by Crippen LogP contribution is -2.16. The van der Waals surface area contributed by atoms with Crippen LogP contribution in [0.3, 0.4) is 0 Å². The van der Waals surface area contributed by atoms with Gasteiger partial charge in [-0.25, -0.2) is 8.42 Å². The topological polar surface area (TPSA) is 102 Å². The molecule has 0 radical (unpaired) electrons. The largest absolute Gasteiger partial charge is 0.496 e. The summed E-state index contributed by atoms with van der Waals surface area (Å²) in [6.45, 7) is 0. The number of benzene rings is 3. The lowest BCUT2D eigenvalue weighted by atomic mass is 9.97. The first-order chi connectivity index (χ1) is 16.2. The van der Waals surface area contributed by atoms with Crippen molar-refractivity contribution in [2.24, 2.45) is 0 Å². The number of rotatable bonds is 8. The molecule has 3 aromatic rings. The number of hydrogen-bond donors (Lipinski definition) is 2. The van der Waals surface area contributed by atoms with E-state index in [1.54, 1.807) is 63.8 Å². The Morgan fingerprint density at radius 2 is 1.53 bits per heavy atom. The van der Waals surface area contributed by atoms with Gasteiger partial charge in [-0.1, -0.05) is 30.3 Å². The minimum Gasteiger partial charge on any atom is -0.496 e. The van der Waals surface area contributed by atoms with Gasteiger partial charge in [-0.15, -0.1) is 0 Å². The molecule has 0 spiro atoms. The highest BCUT2D eigenvalue weighted by Crippen LogP contribution is 2.62. The van der Waals surface area contributed by atoms with Gasteiger partial charge in [-0.3, -0.25) is 9.11 Å². The first-order valence-corrected chi connectivity index (χ1v) is 13.9. The third-order valence-electron chi connectivity index (χ3n) is 6.12. The van der Waals surface area contributed by atoms with Crippen molar-refractivity contribution in [3.05, 3.63) is 77.4 Å². The van der Waals surface area contributed by atoms with Crippen LogP contribution in [0.5, 0.6) is 17.2 Å². The van der Waals surface area contributed by atoms with E-state index in [0.717, 1.165) is 11.1 Å². The predicted octanol–water partition coefficient (Wildman–Crippen LogP) is 5.14. The molecule has 0 saturated carbocycles. The van der Waals surface area contributed by atoms with Gasteiger partial charge in [-0.05, 0) is 42.2 Å². The van der Waals surface area contributed by atoms with Gasteiger partial charge in [0, 0.05) is 17.7 Å². The summed E-state index contributed by atoms with van der Waals surface area (Å²) in [5, 5.41) is -1.04. The van der Waals surface area contributed by atoms with Crippen LogP contribution in [0.1, 0.15) is 21.9 Å². The quantitative estimate of drug-likeness (QED) is 0.438. The smallest absolute Gasteiger partial charge is 0.187 e. The third kappa shape index (κ3) is 4.36. The molecule has 2 N–H and O–H groups in total. The molecule has 3 aromatic carbocycles. The van der Waals surface area contributed by atoms with Gasteiger partial charge >= 0.3 is 0 Å². The second kappa shape index (κ2) is 9.50. The highest BCUT2D eigenvalue weighted by atomic mass is 32.3. The standard InChI is InChI=1S/C25H28O7S2/c1-30-18-14-21(31-2)20(22(15-18)32-3)13-12-17-8-7-11-23-25(17)24(16-33(23,26)27)34(28,29)19-9-5-4-6-10-19/h4-11,14-15,24,26-27H,12-13,16H2,1-3H3. The molecule has 1 unspecified atom stereocenters. The van der Waals surface area contributed by atoms with Crippen LogP contribution < -0.4 is 14.2 Å². The summed E-state index contributed by atoms with van der Waals surface area (Å²) in [7, 11) is -2.37. The highest BCUT2D eigenvalue weighted by molar-refractivity contribution is 8.25. The van der Waals surface area contributed by atoms with E-state index >= 15 is 0 Å². The van der Waals surface area contributed by atoms with Crippen LogP contribution in [0.15, 0.2) is 70.5 Å². The van der Waals surface area contributed by atoms with Crippen molar-refractivity contribution in [1.82, 2.24) is 0 Å². The summed E-state index contributed by atoms with van der Waals surface area (Å²) >= 11 is 0. The fourth-order valence-corrected chi connectivity index (χ4v) is 8.95. The Kier molecular flexibility index (Phi) is 6.82. The van der Waals surface area contributed by atoms with Gasteiger partial charge in [0.2, 0.25) is 0 Å². The van der Waals surface area contributed by atoms with E-state index in [1.165, 1.54) is 12.1 Å². The number of hydrogen-bond acceptors (Lipinski definition) is 7. The van der Waals surface area contributed by atoms with E-state index < -0.39 is 25.7 Å². The molecule has 0 aliphatic carbocycles. The first kappa shape index (κ1) is 24.4. The Morgan fingerprint density at radius 3 is 2.12 bits per heavy atom. The van der Waals surface area contributed by atoms with Crippen molar-refractivity contribution < 1.29 is 31.7 Å². The number of fused-ring (bicyclic) bond motifs is 1. The molecular weight excluding hydrogens is 476 g/mol. The van der Waals surface area contributed by atoms with E-state index in [2.05, 4.69) is 0 Å². The van der Waals surface area contributed by atoms with Gasteiger partial charge in [0.15, 0.2) is 9.84 Å². The molecule has 0 saturated heterocycles. The summed E-state index contributed by atoms with van der Waals surface area (Å²) in [5.74, 6) is 1.55. The number of methoxy groups -OCH3 is 3. The average molecular weight is 505 g/mol. The summed E-state index contributed by atoms with van der Waals surface area (Å²) in [6.07, 6.45) is 0.947. The van der Waals surface area contributed by atoms with Crippen molar-refractivity contribution in [3.8, 4) is 17.2 Å². The molecule has 0 amide bonds. The molecule has 34 heavy (non-hydrogen) atoms. The van der Waals surface area contributed by atoms with Crippen LogP contribution in [0.4, 0.5) is 0 Å². The normalized spacial score (nSPS) is 17.6. The lowest BCUT2D eigenvalue weighted by molar-refractivity contribution is 0.368. The lowest BCUT2D eigenvalue weighted by Gasteiger charge is -2.27. The van der Waals surface area contributed by atoms with E-state index in [-0.39, 0.29) is 10.6 Å². The van der Waals surface area contributed by atoms with Crippen molar-refractivity contribution in [2.45, 2.75) is 27.9 Å². The molecule has 1 aliphatic heterocycles. The van der Waals surface area contributed by atoms with Gasteiger partial charge in [-0.2, -0.15) is 10.6 Å². The van der Waals surface area contributed by atoms with E-state index in [1.807, 2.05) is 6.07 Å². The fourth-order valence-electron chi connectivity index (χ4n) is 4.45. The minimum atomic E-state index is -3.83.